The Morgan fingerprint density at radius 1 is 1.33 bits per heavy atom. The molecule has 2 aromatic rings. The van der Waals surface area contributed by atoms with Crippen molar-refractivity contribution in [2.24, 2.45) is 0 Å². The van der Waals surface area contributed by atoms with Crippen molar-refractivity contribution in [3.8, 4) is 11.3 Å². The van der Waals surface area contributed by atoms with Crippen LogP contribution in [0.1, 0.15) is 5.01 Å². The summed E-state index contributed by atoms with van der Waals surface area (Å²) in [5.41, 5.74) is 0.789. The van der Waals surface area contributed by atoms with Crippen molar-refractivity contribution in [2.75, 3.05) is 7.11 Å². The number of thiazole rings is 1. The molecule has 0 amide bonds. The van der Waals surface area contributed by atoms with E-state index in [0.717, 1.165) is 6.07 Å². The molecule has 18 heavy (non-hydrogen) atoms. The topological polar surface area (TPSA) is 39.2 Å². The fourth-order valence-corrected chi connectivity index (χ4v) is 2.21. The van der Waals surface area contributed by atoms with Crippen molar-refractivity contribution >= 4 is 17.3 Å². The Balaban J connectivity index is 2.26. The molecule has 6 heteroatoms. The third kappa shape index (κ3) is 2.89. The summed E-state index contributed by atoms with van der Waals surface area (Å²) in [6.07, 6.45) is 0.0545. The maximum absolute atomic E-state index is 13.0. The largest absolute Gasteiger partial charge is 0.469 e. The molecule has 1 heterocycles. The van der Waals surface area contributed by atoms with Gasteiger partial charge in [0, 0.05) is 17.0 Å². The Labute approximate surface area is 106 Å². The van der Waals surface area contributed by atoms with E-state index in [1.165, 1.54) is 30.6 Å². The monoisotopic (exact) mass is 269 g/mol. The Bertz CT molecular complexity index is 563. The van der Waals surface area contributed by atoms with Gasteiger partial charge in [-0.25, -0.2) is 13.8 Å². The Hall–Kier alpha value is -1.82. The molecule has 0 saturated heterocycles. The molecule has 0 unspecified atom stereocenters. The summed E-state index contributed by atoms with van der Waals surface area (Å²) < 4.78 is 30.6. The zero-order valence-electron chi connectivity index (χ0n) is 9.44. The van der Waals surface area contributed by atoms with Crippen molar-refractivity contribution in [3.63, 3.8) is 0 Å². The molecule has 1 aromatic heterocycles. The second-order valence-electron chi connectivity index (χ2n) is 3.54. The van der Waals surface area contributed by atoms with Crippen LogP contribution in [0.15, 0.2) is 23.6 Å². The summed E-state index contributed by atoms with van der Waals surface area (Å²) in [5, 5.41) is 2.19. The second-order valence-corrected chi connectivity index (χ2v) is 4.48. The van der Waals surface area contributed by atoms with Gasteiger partial charge in [-0.1, -0.05) is 0 Å². The smallest absolute Gasteiger partial charge is 0.312 e. The molecule has 0 spiro atoms. The van der Waals surface area contributed by atoms with Gasteiger partial charge in [0.25, 0.3) is 0 Å². The van der Waals surface area contributed by atoms with E-state index >= 15 is 0 Å². The SMILES string of the molecule is COC(=O)Cc1nc(-c2cc(F)cc(F)c2)cs1. The molecule has 0 N–H and O–H groups in total. The first kappa shape index (κ1) is 12.6. The van der Waals surface area contributed by atoms with E-state index in [4.69, 9.17) is 0 Å². The standard InChI is InChI=1S/C12H9F2NO2S/c1-17-12(16)5-11-15-10(6-18-11)7-2-8(13)4-9(14)3-7/h2-4,6H,5H2,1H3. The molecule has 0 fully saturated rings. The highest BCUT2D eigenvalue weighted by atomic mass is 32.1. The number of benzene rings is 1. The molecule has 0 saturated carbocycles. The van der Waals surface area contributed by atoms with Crippen molar-refractivity contribution < 1.29 is 18.3 Å². The lowest BCUT2D eigenvalue weighted by atomic mass is 10.1. The number of hydrogen-bond donors (Lipinski definition) is 0. The van der Waals surface area contributed by atoms with E-state index in [1.807, 2.05) is 0 Å². The molecule has 3 nitrogen and oxygen atoms in total. The lowest BCUT2D eigenvalue weighted by Crippen LogP contribution is -2.03. The number of ether oxygens (including phenoxy) is 1. The van der Waals surface area contributed by atoms with Gasteiger partial charge in [0.2, 0.25) is 0 Å². The Morgan fingerprint density at radius 2 is 2.00 bits per heavy atom. The maximum Gasteiger partial charge on any atom is 0.312 e. The van der Waals surface area contributed by atoms with E-state index < -0.39 is 17.6 Å². The van der Waals surface area contributed by atoms with Gasteiger partial charge in [0.05, 0.1) is 19.2 Å². The van der Waals surface area contributed by atoms with Gasteiger partial charge in [-0.15, -0.1) is 11.3 Å². The van der Waals surface area contributed by atoms with Gasteiger partial charge < -0.3 is 4.74 Å². The molecule has 94 valence electrons. The van der Waals surface area contributed by atoms with E-state index in [2.05, 4.69) is 9.72 Å². The average Bonchev–Trinajstić information content (AvgIpc) is 2.76. The van der Waals surface area contributed by atoms with Crippen LogP contribution >= 0.6 is 11.3 Å². The van der Waals surface area contributed by atoms with Crippen molar-refractivity contribution in [1.82, 2.24) is 4.98 Å². The number of carbonyl (C=O) groups is 1. The van der Waals surface area contributed by atoms with Gasteiger partial charge >= 0.3 is 5.97 Å². The van der Waals surface area contributed by atoms with Crippen LogP contribution in [0.4, 0.5) is 8.78 Å². The maximum atomic E-state index is 13.0. The van der Waals surface area contributed by atoms with E-state index in [9.17, 15) is 13.6 Å². The predicted molar refractivity (Wildman–Crippen MR) is 63.2 cm³/mol. The molecular formula is C12H9F2NO2S. The minimum Gasteiger partial charge on any atom is -0.469 e. The quantitative estimate of drug-likeness (QED) is 0.804. The van der Waals surface area contributed by atoms with Crippen molar-refractivity contribution in [2.45, 2.75) is 6.42 Å². The summed E-state index contributed by atoms with van der Waals surface area (Å²) in [6.45, 7) is 0. The van der Waals surface area contributed by atoms with Gasteiger partial charge in [-0.2, -0.15) is 0 Å². The molecule has 2 rings (SSSR count). The molecular weight excluding hydrogens is 260 g/mol. The van der Waals surface area contributed by atoms with Crippen LogP contribution < -0.4 is 0 Å². The molecule has 1 aromatic carbocycles. The fraction of sp³-hybridized carbons (Fsp3) is 0.167. The highest BCUT2D eigenvalue weighted by Gasteiger charge is 2.10. The zero-order valence-corrected chi connectivity index (χ0v) is 10.3. The highest BCUT2D eigenvalue weighted by Crippen LogP contribution is 2.24. The fourth-order valence-electron chi connectivity index (χ4n) is 1.42. The van der Waals surface area contributed by atoms with Crippen LogP contribution in [0.25, 0.3) is 11.3 Å². The van der Waals surface area contributed by atoms with Gasteiger partial charge in [0.15, 0.2) is 0 Å². The number of hydrogen-bond acceptors (Lipinski definition) is 4. The molecule has 0 radical (unpaired) electrons. The van der Waals surface area contributed by atoms with Crippen molar-refractivity contribution in [1.29, 1.82) is 0 Å². The van der Waals surface area contributed by atoms with Crippen LogP contribution in [-0.2, 0) is 16.0 Å². The zero-order chi connectivity index (χ0) is 13.1. The normalized spacial score (nSPS) is 10.4. The van der Waals surface area contributed by atoms with Gasteiger partial charge in [-0.3, -0.25) is 4.79 Å². The Kier molecular flexibility index (Phi) is 3.66. The molecule has 0 atom stereocenters. The number of esters is 1. The number of aromatic nitrogens is 1. The summed E-state index contributed by atoms with van der Waals surface area (Å²) in [7, 11) is 1.29. The summed E-state index contributed by atoms with van der Waals surface area (Å²) in [6, 6.07) is 3.19. The lowest BCUT2D eigenvalue weighted by Gasteiger charge is -1.98. The molecule has 0 bridgehead atoms. The third-order valence-corrected chi connectivity index (χ3v) is 3.08. The number of rotatable bonds is 3. The molecule has 0 aliphatic heterocycles. The van der Waals surface area contributed by atoms with Gasteiger partial charge in [-0.05, 0) is 12.1 Å². The summed E-state index contributed by atoms with van der Waals surface area (Å²) in [4.78, 5) is 15.2. The van der Waals surface area contributed by atoms with Crippen LogP contribution in [0.2, 0.25) is 0 Å². The first-order chi connectivity index (χ1) is 8.58. The van der Waals surface area contributed by atoms with E-state index in [-0.39, 0.29) is 6.42 Å². The van der Waals surface area contributed by atoms with Crippen molar-refractivity contribution in [3.05, 3.63) is 40.2 Å². The summed E-state index contributed by atoms with van der Waals surface area (Å²) in [5.74, 6) is -1.72. The van der Waals surface area contributed by atoms with Crippen LogP contribution in [0.5, 0.6) is 0 Å². The highest BCUT2D eigenvalue weighted by molar-refractivity contribution is 7.10. The first-order valence-electron chi connectivity index (χ1n) is 5.06. The number of carbonyl (C=O) groups excluding carboxylic acids is 1. The number of halogens is 2. The minimum atomic E-state index is -0.660. The predicted octanol–water partition coefficient (Wildman–Crippen LogP) is 2.80. The first-order valence-corrected chi connectivity index (χ1v) is 5.94. The number of methoxy groups -OCH3 is 1. The minimum absolute atomic E-state index is 0.0545. The average molecular weight is 269 g/mol. The second kappa shape index (κ2) is 5.22. The summed E-state index contributed by atoms with van der Waals surface area (Å²) >= 11 is 1.24. The molecule has 0 aliphatic rings. The van der Waals surface area contributed by atoms with Crippen LogP contribution in [0, 0.1) is 11.6 Å². The number of nitrogens with zero attached hydrogens (tertiary/aromatic N) is 1. The third-order valence-electron chi connectivity index (χ3n) is 2.23. The van der Waals surface area contributed by atoms with Gasteiger partial charge in [0.1, 0.15) is 16.6 Å². The van der Waals surface area contributed by atoms with E-state index in [0.29, 0.717) is 16.3 Å². The molecule has 0 aliphatic carbocycles. The lowest BCUT2D eigenvalue weighted by molar-refractivity contribution is -0.139. The Morgan fingerprint density at radius 3 is 2.61 bits per heavy atom. The van der Waals surface area contributed by atoms with Crippen LogP contribution in [-0.4, -0.2) is 18.1 Å². The van der Waals surface area contributed by atoms with E-state index in [1.54, 1.807) is 5.38 Å². The van der Waals surface area contributed by atoms with Crippen LogP contribution in [0.3, 0.4) is 0 Å².